The molecule has 124 valence electrons. The van der Waals surface area contributed by atoms with Crippen LogP contribution in [0.2, 0.25) is 0 Å². The molecule has 1 atom stereocenters. The monoisotopic (exact) mass is 326 g/mol. The molecule has 1 amide bonds. The molecule has 0 spiro atoms. The van der Waals surface area contributed by atoms with Crippen molar-refractivity contribution >= 4 is 23.1 Å². The average molecular weight is 326 g/mol. The van der Waals surface area contributed by atoms with Gasteiger partial charge in [-0.05, 0) is 19.1 Å². The van der Waals surface area contributed by atoms with Crippen LogP contribution in [0.1, 0.15) is 18.4 Å². The predicted molar refractivity (Wildman–Crippen MR) is 88.8 cm³/mol. The molecule has 0 radical (unpaired) electrons. The van der Waals surface area contributed by atoms with E-state index in [0.29, 0.717) is 17.0 Å². The molecule has 0 saturated carbocycles. The number of oxazole rings is 1. The predicted octanol–water partition coefficient (Wildman–Crippen LogP) is 1.60. The van der Waals surface area contributed by atoms with Gasteiger partial charge in [0.2, 0.25) is 11.8 Å². The van der Waals surface area contributed by atoms with Crippen LogP contribution in [0.25, 0.3) is 17.2 Å². The zero-order valence-electron chi connectivity index (χ0n) is 13.4. The maximum Gasteiger partial charge on any atom is 0.244 e. The summed E-state index contributed by atoms with van der Waals surface area (Å²) in [5, 5.41) is 17.1. The molecule has 0 aliphatic heterocycles. The first kappa shape index (κ1) is 15.9. The Morgan fingerprint density at radius 3 is 2.96 bits per heavy atom. The molecule has 2 heterocycles. The molecule has 0 bridgehead atoms. The summed E-state index contributed by atoms with van der Waals surface area (Å²) in [4.78, 5) is 16.2. The Bertz CT molecular complexity index is 859. The van der Waals surface area contributed by atoms with Gasteiger partial charge >= 0.3 is 0 Å². The number of benzene rings is 1. The minimum Gasteiger partial charge on any atom is -0.437 e. The summed E-state index contributed by atoms with van der Waals surface area (Å²) in [6.45, 7) is 1.68. The van der Waals surface area contributed by atoms with E-state index in [0.717, 1.165) is 5.52 Å². The molecule has 0 saturated heterocycles. The van der Waals surface area contributed by atoms with Gasteiger partial charge in [0.15, 0.2) is 5.58 Å². The van der Waals surface area contributed by atoms with Crippen molar-refractivity contribution < 1.29 is 14.3 Å². The number of carbonyl (C=O) groups excluding carboxylic acids is 1. The van der Waals surface area contributed by atoms with Crippen LogP contribution in [0.15, 0.2) is 47.2 Å². The highest BCUT2D eigenvalue weighted by Crippen LogP contribution is 2.18. The molecule has 0 aliphatic carbocycles. The summed E-state index contributed by atoms with van der Waals surface area (Å²) in [5.41, 5.74) is 0.831. The highest BCUT2D eigenvalue weighted by Gasteiger charge is 2.25. The van der Waals surface area contributed by atoms with Crippen LogP contribution < -0.4 is 5.32 Å². The topological polar surface area (TPSA) is 93.2 Å². The van der Waals surface area contributed by atoms with Crippen molar-refractivity contribution in [2.24, 2.45) is 7.05 Å². The Kier molecular flexibility index (Phi) is 4.18. The minimum absolute atomic E-state index is 0.0649. The van der Waals surface area contributed by atoms with Gasteiger partial charge < -0.3 is 14.8 Å². The van der Waals surface area contributed by atoms with Gasteiger partial charge in [-0.15, -0.1) is 0 Å². The number of amides is 1. The van der Waals surface area contributed by atoms with Crippen LogP contribution in [0.3, 0.4) is 0 Å². The lowest BCUT2D eigenvalue weighted by molar-refractivity contribution is -0.117. The van der Waals surface area contributed by atoms with Gasteiger partial charge in [0, 0.05) is 31.0 Å². The molecule has 1 aromatic carbocycles. The zero-order valence-corrected chi connectivity index (χ0v) is 13.4. The standard InChI is InChI=1S/C17H18N4O3/c1-17(23,12-9-19-21(2)10-12)11-18-15(22)7-8-16-20-13-5-3-4-6-14(13)24-16/h3-10,23H,11H2,1-2H3,(H,18,22)/b8-7-/t17-/m1/s1. The van der Waals surface area contributed by atoms with Crippen molar-refractivity contribution in [2.75, 3.05) is 6.54 Å². The molecule has 0 unspecified atom stereocenters. The molecule has 0 aliphatic rings. The van der Waals surface area contributed by atoms with Gasteiger partial charge in [0.25, 0.3) is 0 Å². The third-order valence-electron chi connectivity index (χ3n) is 3.62. The van der Waals surface area contributed by atoms with Crippen molar-refractivity contribution in [2.45, 2.75) is 12.5 Å². The van der Waals surface area contributed by atoms with Crippen molar-refractivity contribution in [3.8, 4) is 0 Å². The van der Waals surface area contributed by atoms with Crippen molar-refractivity contribution in [1.82, 2.24) is 20.1 Å². The van der Waals surface area contributed by atoms with E-state index in [9.17, 15) is 9.90 Å². The van der Waals surface area contributed by atoms with Crippen LogP contribution in [0.5, 0.6) is 0 Å². The summed E-state index contributed by atoms with van der Waals surface area (Å²) in [6, 6.07) is 7.37. The lowest BCUT2D eigenvalue weighted by Crippen LogP contribution is -2.37. The fourth-order valence-electron chi connectivity index (χ4n) is 2.23. The largest absolute Gasteiger partial charge is 0.437 e. The number of fused-ring (bicyclic) bond motifs is 1. The van der Waals surface area contributed by atoms with Gasteiger partial charge in [0.1, 0.15) is 11.1 Å². The first-order valence-electron chi connectivity index (χ1n) is 7.47. The molecule has 24 heavy (non-hydrogen) atoms. The first-order valence-corrected chi connectivity index (χ1v) is 7.47. The fourth-order valence-corrected chi connectivity index (χ4v) is 2.23. The molecule has 0 fully saturated rings. The van der Waals surface area contributed by atoms with Crippen molar-refractivity contribution in [3.63, 3.8) is 0 Å². The summed E-state index contributed by atoms with van der Waals surface area (Å²) in [6.07, 6.45) is 6.10. The summed E-state index contributed by atoms with van der Waals surface area (Å²) in [7, 11) is 1.77. The molecular weight excluding hydrogens is 308 g/mol. The van der Waals surface area contributed by atoms with Crippen LogP contribution in [0, 0.1) is 0 Å². The Morgan fingerprint density at radius 1 is 1.46 bits per heavy atom. The van der Waals surface area contributed by atoms with Gasteiger partial charge in [-0.3, -0.25) is 9.48 Å². The average Bonchev–Trinajstić information content (AvgIpc) is 3.17. The highest BCUT2D eigenvalue weighted by atomic mass is 16.3. The van der Waals surface area contributed by atoms with E-state index in [4.69, 9.17) is 4.42 Å². The number of aryl methyl sites for hydroxylation is 1. The van der Waals surface area contributed by atoms with E-state index in [1.807, 2.05) is 24.3 Å². The van der Waals surface area contributed by atoms with Gasteiger partial charge in [-0.25, -0.2) is 4.98 Å². The number of aliphatic hydroxyl groups is 1. The molecule has 3 aromatic rings. The summed E-state index contributed by atoms with van der Waals surface area (Å²) >= 11 is 0. The Hall–Kier alpha value is -2.93. The second-order valence-corrected chi connectivity index (χ2v) is 5.75. The number of carbonyl (C=O) groups is 1. The molecule has 3 rings (SSSR count). The SMILES string of the molecule is Cn1cc([C@](C)(O)CNC(=O)/C=C\c2nc3ccccc3o2)cn1. The number of nitrogens with one attached hydrogen (secondary N) is 1. The van der Waals surface area contributed by atoms with Crippen LogP contribution >= 0.6 is 0 Å². The highest BCUT2D eigenvalue weighted by molar-refractivity contribution is 5.91. The first-order chi connectivity index (χ1) is 11.4. The normalized spacial score (nSPS) is 14.1. The summed E-state index contributed by atoms with van der Waals surface area (Å²) < 4.78 is 7.09. The van der Waals surface area contributed by atoms with E-state index < -0.39 is 5.60 Å². The van der Waals surface area contributed by atoms with Crippen LogP contribution in [0.4, 0.5) is 0 Å². The van der Waals surface area contributed by atoms with E-state index in [1.54, 1.807) is 31.0 Å². The number of nitrogens with zero attached hydrogens (tertiary/aromatic N) is 3. The molecule has 7 nitrogen and oxygen atoms in total. The summed E-state index contributed by atoms with van der Waals surface area (Å²) in [5.74, 6) is 0.00629. The van der Waals surface area contributed by atoms with Gasteiger partial charge in [-0.2, -0.15) is 5.10 Å². The number of hydrogen-bond acceptors (Lipinski definition) is 5. The quantitative estimate of drug-likeness (QED) is 0.695. The van der Waals surface area contributed by atoms with E-state index in [1.165, 1.54) is 12.2 Å². The van der Waals surface area contributed by atoms with E-state index in [-0.39, 0.29) is 12.5 Å². The zero-order chi connectivity index (χ0) is 17.2. The third kappa shape index (κ3) is 3.52. The lowest BCUT2D eigenvalue weighted by atomic mass is 10.00. The molecule has 7 heteroatoms. The Labute approximate surface area is 138 Å². The third-order valence-corrected chi connectivity index (χ3v) is 3.62. The second-order valence-electron chi connectivity index (χ2n) is 5.75. The number of aromatic nitrogens is 3. The molecule has 2 N–H and O–H groups in total. The van der Waals surface area contributed by atoms with Gasteiger partial charge in [0.05, 0.1) is 12.7 Å². The second kappa shape index (κ2) is 6.29. The smallest absolute Gasteiger partial charge is 0.244 e. The number of rotatable bonds is 5. The minimum atomic E-state index is -1.20. The molecular formula is C17H18N4O3. The Balaban J connectivity index is 1.60. The van der Waals surface area contributed by atoms with Crippen molar-refractivity contribution in [1.29, 1.82) is 0 Å². The van der Waals surface area contributed by atoms with Crippen LogP contribution in [-0.4, -0.2) is 32.3 Å². The van der Waals surface area contributed by atoms with Crippen molar-refractivity contribution in [3.05, 3.63) is 54.2 Å². The van der Waals surface area contributed by atoms with Gasteiger partial charge in [-0.1, -0.05) is 12.1 Å². The fraction of sp³-hybridized carbons (Fsp3) is 0.235. The number of para-hydroxylation sites is 2. The lowest BCUT2D eigenvalue weighted by Gasteiger charge is -2.21. The van der Waals surface area contributed by atoms with E-state index in [2.05, 4.69) is 15.4 Å². The van der Waals surface area contributed by atoms with Crippen LogP contribution in [-0.2, 0) is 17.4 Å². The Morgan fingerprint density at radius 2 is 2.25 bits per heavy atom. The maximum atomic E-state index is 11.9. The van der Waals surface area contributed by atoms with E-state index >= 15 is 0 Å². The maximum absolute atomic E-state index is 11.9. The molecule has 2 aromatic heterocycles. The number of hydrogen-bond donors (Lipinski definition) is 2.